The van der Waals surface area contributed by atoms with Gasteiger partial charge >= 0.3 is 7.12 Å². The number of benzene rings is 1. The summed E-state index contributed by atoms with van der Waals surface area (Å²) in [4.78, 5) is 0. The Labute approximate surface area is 121 Å². The van der Waals surface area contributed by atoms with Crippen molar-refractivity contribution in [3.63, 3.8) is 0 Å². The van der Waals surface area contributed by atoms with Gasteiger partial charge in [-0.1, -0.05) is 6.07 Å². The number of hydrogen-bond donors (Lipinski definition) is 1. The fourth-order valence-electron chi connectivity index (χ4n) is 1.91. The van der Waals surface area contributed by atoms with E-state index in [9.17, 15) is 4.39 Å². The Morgan fingerprint density at radius 3 is 2.21 bits per heavy atom. The van der Waals surface area contributed by atoms with Crippen LogP contribution in [0.3, 0.4) is 0 Å². The van der Waals surface area contributed by atoms with Gasteiger partial charge in [0.25, 0.3) is 0 Å². The zero-order chi connectivity index (χ0) is 14.4. The molecule has 0 bridgehead atoms. The van der Waals surface area contributed by atoms with Gasteiger partial charge in [-0.3, -0.25) is 0 Å². The monoisotopic (exact) mass is 329 g/mol. The van der Waals surface area contributed by atoms with E-state index in [1.807, 2.05) is 27.7 Å². The molecule has 0 radical (unpaired) electrons. The molecule has 2 rings (SSSR count). The van der Waals surface area contributed by atoms with E-state index in [-0.39, 0.29) is 5.82 Å². The Hall–Kier alpha value is -0.425. The Balaban J connectivity index is 2.22. The van der Waals surface area contributed by atoms with E-state index < -0.39 is 24.3 Å². The minimum absolute atomic E-state index is 0.343. The molecule has 1 aromatic carbocycles. The van der Waals surface area contributed by atoms with Crippen molar-refractivity contribution < 1.29 is 13.7 Å². The summed E-state index contributed by atoms with van der Waals surface area (Å²) in [6.45, 7) is 7.84. The van der Waals surface area contributed by atoms with E-state index in [0.29, 0.717) is 10.0 Å². The standard InChI is InChI=1S/C13H18BBrFNO2/c1-12(2)13(3,4)19-14(18-12)11(17)8-5-6-9(15)10(16)7-8/h5-7,11H,17H2,1-4H3/t11-/m0/s1. The molecule has 1 atom stereocenters. The smallest absolute Gasteiger partial charge is 0.402 e. The van der Waals surface area contributed by atoms with Gasteiger partial charge in [-0.25, -0.2) is 4.39 Å². The van der Waals surface area contributed by atoms with E-state index in [1.54, 1.807) is 12.1 Å². The molecule has 0 aromatic heterocycles. The molecule has 0 unspecified atom stereocenters. The fraction of sp³-hybridized carbons (Fsp3) is 0.538. The highest BCUT2D eigenvalue weighted by molar-refractivity contribution is 9.10. The number of rotatable bonds is 2. The zero-order valence-electron chi connectivity index (χ0n) is 11.5. The molecule has 19 heavy (non-hydrogen) atoms. The average Bonchev–Trinajstić information content (AvgIpc) is 2.51. The zero-order valence-corrected chi connectivity index (χ0v) is 13.1. The van der Waals surface area contributed by atoms with Gasteiger partial charge < -0.3 is 15.0 Å². The summed E-state index contributed by atoms with van der Waals surface area (Å²) in [7, 11) is -0.578. The van der Waals surface area contributed by atoms with Crippen molar-refractivity contribution in [3.05, 3.63) is 34.1 Å². The van der Waals surface area contributed by atoms with Crippen LogP contribution in [0.15, 0.2) is 22.7 Å². The second-order valence-corrected chi connectivity index (χ2v) is 6.68. The molecule has 2 N–H and O–H groups in total. The largest absolute Gasteiger partial charge is 0.480 e. The van der Waals surface area contributed by atoms with Crippen LogP contribution in [0.25, 0.3) is 0 Å². The summed E-state index contributed by atoms with van der Waals surface area (Å²) in [6.07, 6.45) is 0. The minimum Gasteiger partial charge on any atom is -0.402 e. The van der Waals surface area contributed by atoms with Crippen molar-refractivity contribution in [2.24, 2.45) is 5.73 Å². The molecule has 104 valence electrons. The van der Waals surface area contributed by atoms with Crippen LogP contribution >= 0.6 is 15.9 Å². The minimum atomic E-state index is -0.578. The molecule has 1 aliphatic rings. The van der Waals surface area contributed by atoms with E-state index in [1.165, 1.54) is 6.07 Å². The van der Waals surface area contributed by atoms with Gasteiger partial charge in [-0.2, -0.15) is 0 Å². The molecule has 1 fully saturated rings. The van der Waals surface area contributed by atoms with Crippen LogP contribution in [-0.2, 0) is 9.31 Å². The van der Waals surface area contributed by atoms with E-state index in [0.717, 1.165) is 0 Å². The maximum absolute atomic E-state index is 13.5. The van der Waals surface area contributed by atoms with E-state index in [2.05, 4.69) is 15.9 Å². The van der Waals surface area contributed by atoms with Crippen LogP contribution in [-0.4, -0.2) is 18.3 Å². The first-order valence-corrected chi connectivity index (χ1v) is 6.99. The lowest BCUT2D eigenvalue weighted by molar-refractivity contribution is 0.00578. The molecule has 1 aliphatic heterocycles. The van der Waals surface area contributed by atoms with Crippen LogP contribution in [0.4, 0.5) is 4.39 Å². The first-order chi connectivity index (χ1) is 8.64. The summed E-state index contributed by atoms with van der Waals surface area (Å²) < 4.78 is 25.7. The van der Waals surface area contributed by atoms with Crippen LogP contribution in [0.2, 0.25) is 0 Å². The van der Waals surface area contributed by atoms with E-state index in [4.69, 9.17) is 15.0 Å². The number of hydrogen-bond acceptors (Lipinski definition) is 3. The lowest BCUT2D eigenvalue weighted by Crippen LogP contribution is -2.41. The lowest BCUT2D eigenvalue weighted by Gasteiger charge is -2.32. The Kier molecular flexibility index (Phi) is 3.82. The quantitative estimate of drug-likeness (QED) is 0.847. The highest BCUT2D eigenvalue weighted by atomic mass is 79.9. The third-order valence-electron chi connectivity index (χ3n) is 3.89. The van der Waals surface area contributed by atoms with Crippen molar-refractivity contribution in [1.29, 1.82) is 0 Å². The maximum atomic E-state index is 13.5. The van der Waals surface area contributed by atoms with Gasteiger partial charge in [-0.05, 0) is 61.3 Å². The summed E-state index contributed by atoms with van der Waals surface area (Å²) in [5, 5.41) is 0. The fourth-order valence-corrected chi connectivity index (χ4v) is 2.16. The van der Waals surface area contributed by atoms with E-state index >= 15 is 0 Å². The van der Waals surface area contributed by atoms with Crippen molar-refractivity contribution in [2.45, 2.75) is 44.8 Å². The molecule has 1 saturated heterocycles. The summed E-state index contributed by atoms with van der Waals surface area (Å²) in [6, 6.07) is 4.80. The average molecular weight is 330 g/mol. The second kappa shape index (κ2) is 4.84. The molecular formula is C13H18BBrFNO2. The van der Waals surface area contributed by atoms with Crippen molar-refractivity contribution in [1.82, 2.24) is 0 Å². The Morgan fingerprint density at radius 2 is 1.74 bits per heavy atom. The SMILES string of the molecule is CC1(C)OB([C@@H](N)c2ccc(Br)c(F)c2)OC1(C)C. The second-order valence-electron chi connectivity index (χ2n) is 5.82. The predicted octanol–water partition coefficient (Wildman–Crippen LogP) is 3.22. The first kappa shape index (κ1) is 15.0. The molecule has 0 aliphatic carbocycles. The van der Waals surface area contributed by atoms with Gasteiger partial charge in [-0.15, -0.1) is 0 Å². The van der Waals surface area contributed by atoms with Gasteiger partial charge in [0.05, 0.1) is 21.6 Å². The Bertz CT molecular complexity index is 480. The normalized spacial score (nSPS) is 22.6. The topological polar surface area (TPSA) is 44.5 Å². The summed E-state index contributed by atoms with van der Waals surface area (Å²) in [5.41, 5.74) is 5.90. The number of halogens is 2. The molecule has 0 spiro atoms. The van der Waals surface area contributed by atoms with Crippen molar-refractivity contribution >= 4 is 23.0 Å². The maximum Gasteiger partial charge on any atom is 0.480 e. The van der Waals surface area contributed by atoms with Gasteiger partial charge in [0.2, 0.25) is 0 Å². The third kappa shape index (κ3) is 2.72. The molecule has 6 heteroatoms. The van der Waals surface area contributed by atoms with Crippen LogP contribution in [0, 0.1) is 5.82 Å². The first-order valence-electron chi connectivity index (χ1n) is 6.20. The highest BCUT2D eigenvalue weighted by Gasteiger charge is 2.53. The van der Waals surface area contributed by atoms with Gasteiger partial charge in [0.1, 0.15) is 5.82 Å². The number of nitrogens with two attached hydrogens (primary N) is 1. The summed E-state index contributed by atoms with van der Waals surface area (Å²) in [5.74, 6) is -0.867. The van der Waals surface area contributed by atoms with Crippen molar-refractivity contribution in [3.8, 4) is 0 Å². The molecule has 3 nitrogen and oxygen atoms in total. The predicted molar refractivity (Wildman–Crippen MR) is 77.1 cm³/mol. The third-order valence-corrected chi connectivity index (χ3v) is 4.54. The van der Waals surface area contributed by atoms with Gasteiger partial charge in [0, 0.05) is 0 Å². The van der Waals surface area contributed by atoms with Gasteiger partial charge in [0.15, 0.2) is 0 Å². The summed E-state index contributed by atoms with van der Waals surface area (Å²) >= 11 is 3.12. The van der Waals surface area contributed by atoms with Crippen LogP contribution < -0.4 is 5.73 Å². The molecule has 0 saturated carbocycles. The molecular weight excluding hydrogens is 312 g/mol. The van der Waals surface area contributed by atoms with Crippen LogP contribution in [0.5, 0.6) is 0 Å². The molecule has 1 aromatic rings. The van der Waals surface area contributed by atoms with Crippen LogP contribution in [0.1, 0.15) is 39.2 Å². The molecule has 1 heterocycles. The highest BCUT2D eigenvalue weighted by Crippen LogP contribution is 2.39. The molecule has 0 amide bonds. The Morgan fingerprint density at radius 1 is 1.21 bits per heavy atom. The van der Waals surface area contributed by atoms with Crippen molar-refractivity contribution in [2.75, 3.05) is 0 Å². The lowest BCUT2D eigenvalue weighted by atomic mass is 9.75.